The van der Waals surface area contributed by atoms with Crippen LogP contribution < -0.4 is 0 Å². The third-order valence-electron chi connectivity index (χ3n) is 2.11. The predicted octanol–water partition coefficient (Wildman–Crippen LogP) is 3.27. The molecule has 3 heteroatoms. The van der Waals surface area contributed by atoms with Crippen LogP contribution in [0.3, 0.4) is 0 Å². The zero-order chi connectivity index (χ0) is 11.1. The van der Waals surface area contributed by atoms with Crippen molar-refractivity contribution in [1.29, 1.82) is 0 Å². The Kier molecular flexibility index (Phi) is 7.06. The van der Waals surface area contributed by atoms with E-state index >= 15 is 0 Å². The molecule has 2 atom stereocenters. The summed E-state index contributed by atoms with van der Waals surface area (Å²) >= 11 is 1.59. The quantitative estimate of drug-likeness (QED) is 0.712. The lowest BCUT2D eigenvalue weighted by Gasteiger charge is -2.19. The molecule has 0 aliphatic rings. The van der Waals surface area contributed by atoms with E-state index in [2.05, 4.69) is 20.8 Å². The van der Waals surface area contributed by atoms with Crippen LogP contribution in [0.1, 0.15) is 40.5 Å². The second kappa shape index (κ2) is 7.16. The summed E-state index contributed by atoms with van der Waals surface area (Å²) in [6.07, 6.45) is 2.06. The lowest BCUT2D eigenvalue weighted by atomic mass is 10.0. The highest BCUT2D eigenvalue weighted by atomic mass is 32.2. The van der Waals surface area contributed by atoms with Crippen molar-refractivity contribution >= 4 is 17.7 Å². The van der Waals surface area contributed by atoms with Gasteiger partial charge in [-0.1, -0.05) is 34.1 Å². The molecular formula is C11H22O2S. The topological polar surface area (TPSA) is 37.3 Å². The van der Waals surface area contributed by atoms with E-state index in [0.717, 1.165) is 18.6 Å². The fourth-order valence-corrected chi connectivity index (χ4v) is 2.58. The van der Waals surface area contributed by atoms with Gasteiger partial charge in [0, 0.05) is 0 Å². The molecule has 0 heterocycles. The van der Waals surface area contributed by atoms with Gasteiger partial charge < -0.3 is 5.11 Å². The van der Waals surface area contributed by atoms with Gasteiger partial charge in [-0.2, -0.15) is 0 Å². The molecule has 0 saturated heterocycles. The van der Waals surface area contributed by atoms with Crippen molar-refractivity contribution in [3.8, 4) is 0 Å². The third-order valence-corrected chi connectivity index (χ3v) is 4.00. The molecule has 0 fully saturated rings. The Bertz CT molecular complexity index is 169. The average molecular weight is 218 g/mol. The first-order chi connectivity index (χ1) is 6.49. The molecule has 0 radical (unpaired) electrons. The van der Waals surface area contributed by atoms with Crippen molar-refractivity contribution in [2.45, 2.75) is 45.8 Å². The van der Waals surface area contributed by atoms with Crippen LogP contribution in [0.5, 0.6) is 0 Å². The van der Waals surface area contributed by atoms with Crippen LogP contribution in [0.25, 0.3) is 0 Å². The second-order valence-electron chi connectivity index (χ2n) is 4.25. The van der Waals surface area contributed by atoms with Gasteiger partial charge in [0.2, 0.25) is 0 Å². The van der Waals surface area contributed by atoms with E-state index in [0.29, 0.717) is 5.92 Å². The highest BCUT2D eigenvalue weighted by Gasteiger charge is 2.24. The number of carbonyl (C=O) groups is 1. The molecule has 0 saturated carbocycles. The first kappa shape index (κ1) is 13.8. The van der Waals surface area contributed by atoms with Crippen molar-refractivity contribution in [1.82, 2.24) is 0 Å². The van der Waals surface area contributed by atoms with Gasteiger partial charge in [-0.3, -0.25) is 4.79 Å². The summed E-state index contributed by atoms with van der Waals surface area (Å²) in [5, 5.41) is 8.84. The maximum Gasteiger partial charge on any atom is 0.316 e. The van der Waals surface area contributed by atoms with Gasteiger partial charge in [0.05, 0.1) is 0 Å². The van der Waals surface area contributed by atoms with Gasteiger partial charge in [-0.25, -0.2) is 0 Å². The summed E-state index contributed by atoms with van der Waals surface area (Å²) in [5.41, 5.74) is 0. The molecule has 0 bridgehead atoms. The molecule has 0 spiro atoms. The number of carboxylic acid groups (broad SMARTS) is 1. The molecule has 0 aromatic rings. The van der Waals surface area contributed by atoms with E-state index in [4.69, 9.17) is 5.11 Å². The van der Waals surface area contributed by atoms with Gasteiger partial charge in [0.1, 0.15) is 5.25 Å². The average Bonchev–Trinajstić information content (AvgIpc) is 2.03. The van der Waals surface area contributed by atoms with Gasteiger partial charge >= 0.3 is 5.97 Å². The van der Waals surface area contributed by atoms with Gasteiger partial charge in [0.15, 0.2) is 0 Å². The van der Waals surface area contributed by atoms with Crippen molar-refractivity contribution in [2.24, 2.45) is 11.8 Å². The van der Waals surface area contributed by atoms with Crippen LogP contribution >= 0.6 is 11.8 Å². The minimum Gasteiger partial charge on any atom is -0.480 e. The molecule has 0 aliphatic carbocycles. The molecule has 14 heavy (non-hydrogen) atoms. The molecule has 0 rings (SSSR count). The maximum atomic E-state index is 11.0. The van der Waals surface area contributed by atoms with E-state index in [1.807, 2.05) is 6.92 Å². The molecule has 0 aliphatic heterocycles. The fourth-order valence-electron chi connectivity index (χ4n) is 1.38. The molecule has 1 N–H and O–H groups in total. The first-order valence-corrected chi connectivity index (χ1v) is 6.38. The highest BCUT2D eigenvalue weighted by molar-refractivity contribution is 8.00. The van der Waals surface area contributed by atoms with Crippen molar-refractivity contribution in [3.05, 3.63) is 0 Å². The zero-order valence-corrected chi connectivity index (χ0v) is 10.4. The van der Waals surface area contributed by atoms with Crippen molar-refractivity contribution in [3.63, 3.8) is 0 Å². The number of thioether (sulfide) groups is 1. The lowest BCUT2D eigenvalue weighted by molar-refractivity contribution is -0.137. The largest absolute Gasteiger partial charge is 0.480 e. The third kappa shape index (κ3) is 5.53. The first-order valence-electron chi connectivity index (χ1n) is 5.33. The summed E-state index contributed by atoms with van der Waals surface area (Å²) < 4.78 is 0. The maximum absolute atomic E-state index is 11.0. The van der Waals surface area contributed by atoms with E-state index in [9.17, 15) is 4.79 Å². The lowest BCUT2D eigenvalue weighted by Crippen LogP contribution is -2.25. The second-order valence-corrected chi connectivity index (χ2v) is 5.43. The molecule has 0 aromatic heterocycles. The SMILES string of the molecule is CCCC(C)C(SCC(C)C)C(=O)O. The summed E-state index contributed by atoms with van der Waals surface area (Å²) in [6, 6.07) is 0. The molecule has 0 amide bonds. The van der Waals surface area contributed by atoms with Gasteiger partial charge in [-0.15, -0.1) is 11.8 Å². The number of rotatable bonds is 7. The van der Waals surface area contributed by atoms with Crippen molar-refractivity contribution < 1.29 is 9.90 Å². The summed E-state index contributed by atoms with van der Waals surface area (Å²) in [6.45, 7) is 8.38. The minimum atomic E-state index is -0.656. The Hall–Kier alpha value is -0.180. The Morgan fingerprint density at radius 2 is 1.93 bits per heavy atom. The number of hydrogen-bond acceptors (Lipinski definition) is 2. The minimum absolute atomic E-state index is 0.225. The van der Waals surface area contributed by atoms with Crippen LogP contribution in [0.2, 0.25) is 0 Å². The molecular weight excluding hydrogens is 196 g/mol. The molecule has 2 nitrogen and oxygen atoms in total. The van der Waals surface area contributed by atoms with E-state index < -0.39 is 5.97 Å². The van der Waals surface area contributed by atoms with Gasteiger partial charge in [-0.05, 0) is 24.0 Å². The fraction of sp³-hybridized carbons (Fsp3) is 0.909. The monoisotopic (exact) mass is 218 g/mol. The van der Waals surface area contributed by atoms with Crippen LogP contribution in [0.4, 0.5) is 0 Å². The zero-order valence-electron chi connectivity index (χ0n) is 9.62. The van der Waals surface area contributed by atoms with Crippen LogP contribution in [-0.4, -0.2) is 22.1 Å². The number of hydrogen-bond donors (Lipinski definition) is 1. The van der Waals surface area contributed by atoms with E-state index in [-0.39, 0.29) is 11.2 Å². The Labute approximate surface area is 91.5 Å². The molecule has 84 valence electrons. The number of carboxylic acids is 1. The highest BCUT2D eigenvalue weighted by Crippen LogP contribution is 2.25. The Balaban J connectivity index is 4.07. The summed E-state index contributed by atoms with van der Waals surface area (Å²) in [7, 11) is 0. The molecule has 2 unspecified atom stereocenters. The normalized spacial score (nSPS) is 15.5. The smallest absolute Gasteiger partial charge is 0.316 e. The van der Waals surface area contributed by atoms with E-state index in [1.165, 1.54) is 0 Å². The van der Waals surface area contributed by atoms with Crippen LogP contribution in [0, 0.1) is 11.8 Å². The van der Waals surface area contributed by atoms with Crippen LogP contribution in [-0.2, 0) is 4.79 Å². The van der Waals surface area contributed by atoms with E-state index in [1.54, 1.807) is 11.8 Å². The summed E-state index contributed by atoms with van der Waals surface area (Å²) in [4.78, 5) is 11.0. The number of aliphatic carboxylic acids is 1. The standard InChI is InChI=1S/C11H22O2S/c1-5-6-9(4)10(11(12)13)14-7-8(2)3/h8-10H,5-7H2,1-4H3,(H,12,13). The van der Waals surface area contributed by atoms with Crippen molar-refractivity contribution in [2.75, 3.05) is 5.75 Å². The Morgan fingerprint density at radius 3 is 2.29 bits per heavy atom. The predicted molar refractivity (Wildman–Crippen MR) is 62.8 cm³/mol. The van der Waals surface area contributed by atoms with Gasteiger partial charge in [0.25, 0.3) is 0 Å². The Morgan fingerprint density at radius 1 is 1.36 bits per heavy atom. The summed E-state index contributed by atoms with van der Waals surface area (Å²) in [5.74, 6) is 1.12. The van der Waals surface area contributed by atoms with Crippen LogP contribution in [0.15, 0.2) is 0 Å². The molecule has 0 aromatic carbocycles.